The predicted octanol–water partition coefficient (Wildman–Crippen LogP) is 2.86. The van der Waals surface area contributed by atoms with E-state index < -0.39 is 4.92 Å². The van der Waals surface area contributed by atoms with Gasteiger partial charge in [0.25, 0.3) is 0 Å². The first kappa shape index (κ1) is 12.4. The molecule has 8 heteroatoms. The molecule has 0 radical (unpaired) electrons. The fraction of sp³-hybridized carbons (Fsp3) is 0. The van der Waals surface area contributed by atoms with Gasteiger partial charge in [0.1, 0.15) is 6.20 Å². The Bertz CT molecular complexity index is 570. The van der Waals surface area contributed by atoms with Crippen molar-refractivity contribution in [3.05, 3.63) is 46.6 Å². The lowest BCUT2D eigenvalue weighted by Crippen LogP contribution is -2.18. The smallest absolute Gasteiger partial charge is 0.332 e. The van der Waals surface area contributed by atoms with Gasteiger partial charge in [0.2, 0.25) is 0 Å². The number of benzene rings is 1. The second kappa shape index (κ2) is 5.52. The Balaban J connectivity index is 1.97. The van der Waals surface area contributed by atoms with E-state index in [1.54, 1.807) is 0 Å². The second-order valence-electron chi connectivity index (χ2n) is 3.21. The van der Waals surface area contributed by atoms with E-state index in [1.165, 1.54) is 6.20 Å². The van der Waals surface area contributed by atoms with Gasteiger partial charge in [-0.1, -0.05) is 18.2 Å². The van der Waals surface area contributed by atoms with Gasteiger partial charge >= 0.3 is 5.00 Å². The molecule has 0 saturated carbocycles. The van der Waals surface area contributed by atoms with Crippen LogP contribution in [0.2, 0.25) is 0 Å². The summed E-state index contributed by atoms with van der Waals surface area (Å²) in [7, 11) is 0. The third-order valence-electron chi connectivity index (χ3n) is 1.93. The molecular weight excluding hydrogens is 272 g/mol. The van der Waals surface area contributed by atoms with Crippen LogP contribution in [-0.4, -0.2) is 15.0 Å². The molecule has 0 saturated heterocycles. The van der Waals surface area contributed by atoms with Crippen molar-refractivity contribution in [3.8, 4) is 0 Å². The van der Waals surface area contributed by atoms with Crippen molar-refractivity contribution >= 4 is 44.5 Å². The Labute approximate surface area is 112 Å². The summed E-state index contributed by atoms with van der Waals surface area (Å²) in [5.74, 6) is 0. The summed E-state index contributed by atoms with van der Waals surface area (Å²) < 4.78 is 0. The van der Waals surface area contributed by atoms with Crippen molar-refractivity contribution < 1.29 is 4.92 Å². The molecule has 1 aromatic heterocycles. The zero-order valence-corrected chi connectivity index (χ0v) is 10.6. The number of para-hydroxylation sites is 1. The molecule has 2 rings (SSSR count). The van der Waals surface area contributed by atoms with E-state index in [4.69, 9.17) is 12.2 Å². The van der Waals surface area contributed by atoms with Crippen LogP contribution in [0.3, 0.4) is 0 Å². The zero-order valence-electron chi connectivity index (χ0n) is 8.99. The van der Waals surface area contributed by atoms with E-state index in [1.807, 2.05) is 30.3 Å². The molecule has 0 aliphatic heterocycles. The lowest BCUT2D eigenvalue weighted by molar-refractivity contribution is -0.380. The number of anilines is 2. The van der Waals surface area contributed by atoms with Crippen molar-refractivity contribution in [1.82, 2.24) is 4.98 Å². The normalized spacial score (nSPS) is 9.78. The van der Waals surface area contributed by atoms with Gasteiger partial charge in [0.15, 0.2) is 10.2 Å². The highest BCUT2D eigenvalue weighted by atomic mass is 32.1. The molecule has 0 spiro atoms. The summed E-state index contributed by atoms with van der Waals surface area (Å²) in [5, 5.41) is 16.9. The molecule has 0 aliphatic rings. The quantitative estimate of drug-likeness (QED) is 0.511. The van der Waals surface area contributed by atoms with Crippen LogP contribution in [0.1, 0.15) is 0 Å². The van der Waals surface area contributed by atoms with Crippen LogP contribution in [0.15, 0.2) is 36.5 Å². The molecule has 2 N–H and O–H groups in total. The van der Waals surface area contributed by atoms with E-state index in [0.717, 1.165) is 17.0 Å². The third-order valence-corrected chi connectivity index (χ3v) is 2.99. The second-order valence-corrected chi connectivity index (χ2v) is 4.62. The molecule has 0 unspecified atom stereocenters. The SMILES string of the molecule is O=[N+]([O-])c1cnc(NC(=S)Nc2ccccc2)s1. The topological polar surface area (TPSA) is 80.1 Å². The number of aromatic nitrogens is 1. The highest BCUT2D eigenvalue weighted by Crippen LogP contribution is 2.24. The number of nitro groups is 1. The number of nitrogens with zero attached hydrogens (tertiary/aromatic N) is 2. The molecule has 6 nitrogen and oxygen atoms in total. The van der Waals surface area contributed by atoms with Gasteiger partial charge < -0.3 is 10.6 Å². The maximum absolute atomic E-state index is 10.5. The van der Waals surface area contributed by atoms with Crippen LogP contribution in [0.25, 0.3) is 0 Å². The van der Waals surface area contributed by atoms with E-state index >= 15 is 0 Å². The first-order valence-electron chi connectivity index (χ1n) is 4.88. The van der Waals surface area contributed by atoms with Gasteiger partial charge in [-0.2, -0.15) is 0 Å². The summed E-state index contributed by atoms with van der Waals surface area (Å²) in [4.78, 5) is 13.9. The van der Waals surface area contributed by atoms with Gasteiger partial charge in [-0.25, -0.2) is 4.98 Å². The fourth-order valence-electron chi connectivity index (χ4n) is 1.19. The average Bonchev–Trinajstić information content (AvgIpc) is 2.78. The van der Waals surface area contributed by atoms with Crippen molar-refractivity contribution in [2.45, 2.75) is 0 Å². The summed E-state index contributed by atoms with van der Waals surface area (Å²) in [6.07, 6.45) is 1.19. The van der Waals surface area contributed by atoms with Gasteiger partial charge in [-0.3, -0.25) is 10.1 Å². The van der Waals surface area contributed by atoms with Gasteiger partial charge in [0.05, 0.1) is 4.92 Å². The Hall–Kier alpha value is -2.06. The zero-order chi connectivity index (χ0) is 13.0. The lowest BCUT2D eigenvalue weighted by Gasteiger charge is -2.07. The minimum absolute atomic E-state index is 0.0278. The Morgan fingerprint density at radius 3 is 2.67 bits per heavy atom. The molecular formula is C10H8N4O2S2. The summed E-state index contributed by atoms with van der Waals surface area (Å²) in [5.41, 5.74) is 0.834. The van der Waals surface area contributed by atoms with Gasteiger partial charge in [-0.15, -0.1) is 0 Å². The molecule has 2 aromatic rings. The van der Waals surface area contributed by atoms with Crippen LogP contribution in [-0.2, 0) is 0 Å². The Kier molecular flexibility index (Phi) is 3.80. The van der Waals surface area contributed by atoms with Crippen molar-refractivity contribution in [2.75, 3.05) is 10.6 Å². The minimum Gasteiger partial charge on any atom is -0.332 e. The van der Waals surface area contributed by atoms with Crippen LogP contribution >= 0.6 is 23.6 Å². The average molecular weight is 280 g/mol. The Morgan fingerprint density at radius 2 is 2.06 bits per heavy atom. The highest BCUT2D eigenvalue weighted by molar-refractivity contribution is 7.80. The van der Waals surface area contributed by atoms with Crippen molar-refractivity contribution in [1.29, 1.82) is 0 Å². The molecule has 0 bridgehead atoms. The molecule has 0 atom stereocenters. The summed E-state index contributed by atoms with van der Waals surface area (Å²) in [6, 6.07) is 9.36. The number of rotatable bonds is 3. The van der Waals surface area contributed by atoms with Crippen molar-refractivity contribution in [3.63, 3.8) is 0 Å². The van der Waals surface area contributed by atoms with Gasteiger partial charge in [0, 0.05) is 5.69 Å². The summed E-state index contributed by atoms with van der Waals surface area (Å²) in [6.45, 7) is 0. The third kappa shape index (κ3) is 3.22. The predicted molar refractivity (Wildman–Crippen MR) is 75.1 cm³/mol. The van der Waals surface area contributed by atoms with Gasteiger partial charge in [-0.05, 0) is 35.7 Å². The lowest BCUT2D eigenvalue weighted by atomic mass is 10.3. The van der Waals surface area contributed by atoms with Crippen LogP contribution in [0, 0.1) is 10.1 Å². The molecule has 0 amide bonds. The Morgan fingerprint density at radius 1 is 1.33 bits per heavy atom. The number of hydrogen-bond acceptors (Lipinski definition) is 5. The standard InChI is InChI=1S/C10H8N4O2S2/c15-14(16)8-6-11-10(18-8)13-9(17)12-7-4-2-1-3-5-7/h1-6H,(H2,11,12,13,17). The molecule has 0 aliphatic carbocycles. The number of hydrogen-bond donors (Lipinski definition) is 2. The highest BCUT2D eigenvalue weighted by Gasteiger charge is 2.11. The van der Waals surface area contributed by atoms with E-state index in [0.29, 0.717) is 10.2 Å². The summed E-state index contributed by atoms with van der Waals surface area (Å²) >= 11 is 6.00. The minimum atomic E-state index is -0.490. The first-order chi connectivity index (χ1) is 8.65. The number of nitrogens with one attached hydrogen (secondary N) is 2. The largest absolute Gasteiger partial charge is 0.345 e. The van der Waals surface area contributed by atoms with E-state index in [2.05, 4.69) is 15.6 Å². The van der Waals surface area contributed by atoms with E-state index in [-0.39, 0.29) is 5.00 Å². The number of thiazole rings is 1. The number of thiocarbonyl (C=S) groups is 1. The van der Waals surface area contributed by atoms with Crippen LogP contribution in [0.4, 0.5) is 15.8 Å². The fourth-order valence-corrected chi connectivity index (χ4v) is 2.10. The molecule has 18 heavy (non-hydrogen) atoms. The first-order valence-corrected chi connectivity index (χ1v) is 6.11. The molecule has 1 heterocycles. The van der Waals surface area contributed by atoms with E-state index in [9.17, 15) is 10.1 Å². The van der Waals surface area contributed by atoms with Crippen LogP contribution in [0.5, 0.6) is 0 Å². The van der Waals surface area contributed by atoms with Crippen molar-refractivity contribution in [2.24, 2.45) is 0 Å². The van der Waals surface area contributed by atoms with Crippen LogP contribution < -0.4 is 10.6 Å². The monoisotopic (exact) mass is 280 g/mol. The maximum atomic E-state index is 10.5. The molecule has 92 valence electrons. The molecule has 0 fully saturated rings. The maximum Gasteiger partial charge on any atom is 0.345 e. The molecule has 1 aromatic carbocycles.